The molecular formula is C25H26N4O2S. The van der Waals surface area contributed by atoms with Crippen LogP contribution in [-0.2, 0) is 10.0 Å². The zero-order valence-corrected chi connectivity index (χ0v) is 18.9. The van der Waals surface area contributed by atoms with Gasteiger partial charge in [0.2, 0.25) is 10.0 Å². The SMILES string of the molecule is Cc1cc(-c2cc(NC3CCN(S(=O)(=O)C4CC4)CC3)c3cnccc3c2)ccc1C#N. The Balaban J connectivity index is 1.41. The van der Waals surface area contributed by atoms with Crippen LogP contribution in [0.15, 0.2) is 48.8 Å². The van der Waals surface area contributed by atoms with Crippen LogP contribution in [0.2, 0.25) is 0 Å². The molecule has 5 rings (SSSR count). The highest BCUT2D eigenvalue weighted by Crippen LogP contribution is 2.35. The summed E-state index contributed by atoms with van der Waals surface area (Å²) >= 11 is 0. The molecule has 1 aromatic heterocycles. The first-order chi connectivity index (χ1) is 15.5. The Bertz CT molecular complexity index is 1320. The van der Waals surface area contributed by atoms with Gasteiger partial charge in [0, 0.05) is 42.6 Å². The molecule has 0 radical (unpaired) electrons. The Labute approximate surface area is 188 Å². The highest BCUT2D eigenvalue weighted by atomic mass is 32.2. The minimum Gasteiger partial charge on any atom is -0.382 e. The highest BCUT2D eigenvalue weighted by molar-refractivity contribution is 7.90. The summed E-state index contributed by atoms with van der Waals surface area (Å²) in [6.07, 6.45) is 6.85. The number of benzene rings is 2. The predicted octanol–water partition coefficient (Wildman–Crippen LogP) is 4.45. The number of nitrogens with zero attached hydrogens (tertiary/aromatic N) is 3. The number of nitrogens with one attached hydrogen (secondary N) is 1. The maximum absolute atomic E-state index is 12.5. The fourth-order valence-electron chi connectivity index (χ4n) is 4.50. The molecule has 1 N–H and O–H groups in total. The summed E-state index contributed by atoms with van der Waals surface area (Å²) in [5.74, 6) is 0. The van der Waals surface area contributed by atoms with Crippen LogP contribution in [0.4, 0.5) is 5.69 Å². The van der Waals surface area contributed by atoms with Crippen LogP contribution in [0.1, 0.15) is 36.8 Å². The van der Waals surface area contributed by atoms with E-state index >= 15 is 0 Å². The maximum atomic E-state index is 12.5. The largest absolute Gasteiger partial charge is 0.382 e. The number of sulfonamides is 1. The van der Waals surface area contributed by atoms with E-state index in [1.54, 1.807) is 10.5 Å². The van der Waals surface area contributed by atoms with Gasteiger partial charge in [0.1, 0.15) is 0 Å². The van der Waals surface area contributed by atoms with Crippen molar-refractivity contribution in [3.05, 3.63) is 59.9 Å². The lowest BCUT2D eigenvalue weighted by atomic mass is 9.97. The lowest BCUT2D eigenvalue weighted by Crippen LogP contribution is -2.43. The van der Waals surface area contributed by atoms with Crippen molar-refractivity contribution in [1.82, 2.24) is 9.29 Å². The second-order valence-corrected chi connectivity index (χ2v) is 11.0. The lowest BCUT2D eigenvalue weighted by Gasteiger charge is -2.32. The van der Waals surface area contributed by atoms with Gasteiger partial charge >= 0.3 is 0 Å². The second kappa shape index (κ2) is 8.19. The average molecular weight is 447 g/mol. The molecule has 2 aliphatic rings. The number of fused-ring (bicyclic) bond motifs is 1. The number of nitriles is 1. The van der Waals surface area contributed by atoms with Crippen LogP contribution in [0.5, 0.6) is 0 Å². The molecule has 1 aliphatic carbocycles. The molecular weight excluding hydrogens is 420 g/mol. The number of hydrogen-bond acceptors (Lipinski definition) is 5. The number of aromatic nitrogens is 1. The smallest absolute Gasteiger partial charge is 0.216 e. The van der Waals surface area contributed by atoms with Gasteiger partial charge < -0.3 is 5.32 Å². The van der Waals surface area contributed by atoms with Gasteiger partial charge in [0.25, 0.3) is 0 Å². The molecule has 1 saturated carbocycles. The molecule has 6 nitrogen and oxygen atoms in total. The van der Waals surface area contributed by atoms with Crippen LogP contribution in [0, 0.1) is 18.3 Å². The van der Waals surface area contributed by atoms with Crippen molar-refractivity contribution in [2.45, 2.75) is 43.9 Å². The Morgan fingerprint density at radius 2 is 1.84 bits per heavy atom. The Kier molecular flexibility index (Phi) is 5.36. The average Bonchev–Trinajstić information content (AvgIpc) is 3.65. The first kappa shape index (κ1) is 20.9. The summed E-state index contributed by atoms with van der Waals surface area (Å²) in [4.78, 5) is 4.31. The first-order valence-corrected chi connectivity index (χ1v) is 12.6. The van der Waals surface area contributed by atoms with Gasteiger partial charge in [-0.15, -0.1) is 0 Å². The van der Waals surface area contributed by atoms with Crippen molar-refractivity contribution < 1.29 is 8.42 Å². The van der Waals surface area contributed by atoms with Gasteiger partial charge in [0.15, 0.2) is 0 Å². The number of pyridine rings is 1. The summed E-state index contributed by atoms with van der Waals surface area (Å²) in [5, 5.41) is 14.9. The minimum absolute atomic E-state index is 0.144. The predicted molar refractivity (Wildman–Crippen MR) is 127 cm³/mol. The zero-order chi connectivity index (χ0) is 22.3. The molecule has 7 heteroatoms. The Hall–Kier alpha value is -2.95. The van der Waals surface area contributed by atoms with E-state index in [2.05, 4.69) is 28.5 Å². The fourth-order valence-corrected chi connectivity index (χ4v) is 6.38. The maximum Gasteiger partial charge on any atom is 0.216 e. The summed E-state index contributed by atoms with van der Waals surface area (Å²) < 4.78 is 26.8. The topological polar surface area (TPSA) is 86.1 Å². The first-order valence-electron chi connectivity index (χ1n) is 11.1. The lowest BCUT2D eigenvalue weighted by molar-refractivity contribution is 0.329. The monoisotopic (exact) mass is 446 g/mol. The third-order valence-corrected chi connectivity index (χ3v) is 8.95. The van der Waals surface area contributed by atoms with Crippen molar-refractivity contribution in [1.29, 1.82) is 5.26 Å². The number of aryl methyl sites for hydroxylation is 1. The summed E-state index contributed by atoms with van der Waals surface area (Å²) in [6.45, 7) is 3.10. The number of rotatable bonds is 5. The van der Waals surface area contributed by atoms with Gasteiger partial charge in [0.05, 0.1) is 16.9 Å². The van der Waals surface area contributed by atoms with Crippen LogP contribution in [-0.4, -0.2) is 42.1 Å². The number of hydrogen-bond donors (Lipinski definition) is 1. The molecule has 0 bridgehead atoms. The van der Waals surface area contributed by atoms with Crippen molar-refractivity contribution in [2.24, 2.45) is 0 Å². The molecule has 1 aliphatic heterocycles. The third-order valence-electron chi connectivity index (χ3n) is 6.56. The molecule has 32 heavy (non-hydrogen) atoms. The van der Waals surface area contributed by atoms with Crippen LogP contribution in [0.25, 0.3) is 21.9 Å². The Morgan fingerprint density at radius 3 is 2.53 bits per heavy atom. The molecule has 2 aromatic carbocycles. The molecule has 0 amide bonds. The fraction of sp³-hybridized carbons (Fsp3) is 0.360. The van der Waals surface area contributed by atoms with E-state index in [0.29, 0.717) is 18.7 Å². The van der Waals surface area contributed by atoms with Crippen molar-refractivity contribution >= 4 is 26.5 Å². The molecule has 2 fully saturated rings. The minimum atomic E-state index is -3.10. The van der Waals surface area contributed by atoms with E-state index < -0.39 is 10.0 Å². The van der Waals surface area contributed by atoms with Crippen molar-refractivity contribution in [3.63, 3.8) is 0 Å². The standard InChI is InChI=1S/C25H26N4O2S/c1-17-12-18(2-3-20(17)15-26)21-13-19-6-9-27-16-24(19)25(14-21)28-22-7-10-29(11-8-22)32(30,31)23-4-5-23/h2-3,6,9,12-14,16,22-23,28H,4-5,7-8,10-11H2,1H3. The van der Waals surface area contributed by atoms with E-state index in [1.165, 1.54) is 0 Å². The van der Waals surface area contributed by atoms with Crippen LogP contribution < -0.4 is 5.32 Å². The van der Waals surface area contributed by atoms with Gasteiger partial charge in [-0.3, -0.25) is 4.98 Å². The molecule has 1 saturated heterocycles. The quantitative estimate of drug-likeness (QED) is 0.626. The molecule has 2 heterocycles. The Morgan fingerprint density at radius 1 is 1.06 bits per heavy atom. The van der Waals surface area contributed by atoms with Crippen molar-refractivity contribution in [3.8, 4) is 17.2 Å². The summed E-state index contributed by atoms with van der Waals surface area (Å²) in [5.41, 5.74) is 4.79. The van der Waals surface area contributed by atoms with E-state index in [4.69, 9.17) is 0 Å². The van der Waals surface area contributed by atoms with Crippen molar-refractivity contribution in [2.75, 3.05) is 18.4 Å². The van der Waals surface area contributed by atoms with Crippen LogP contribution >= 0.6 is 0 Å². The summed E-state index contributed by atoms with van der Waals surface area (Å²) in [7, 11) is -3.10. The molecule has 0 atom stereocenters. The zero-order valence-electron chi connectivity index (χ0n) is 18.1. The highest BCUT2D eigenvalue weighted by Gasteiger charge is 2.41. The third kappa shape index (κ3) is 3.96. The molecule has 0 spiro atoms. The molecule has 0 unspecified atom stereocenters. The van der Waals surface area contributed by atoms with E-state index in [0.717, 1.165) is 58.8 Å². The van der Waals surface area contributed by atoms with E-state index in [-0.39, 0.29) is 11.3 Å². The normalized spacial score (nSPS) is 17.9. The molecule has 3 aromatic rings. The number of anilines is 1. The second-order valence-electron chi connectivity index (χ2n) is 8.82. The number of piperidine rings is 1. The van der Waals surface area contributed by atoms with Gasteiger partial charge in [-0.05, 0) is 78.9 Å². The van der Waals surface area contributed by atoms with E-state index in [9.17, 15) is 13.7 Å². The van der Waals surface area contributed by atoms with Gasteiger partial charge in [-0.1, -0.05) is 12.1 Å². The van der Waals surface area contributed by atoms with Gasteiger partial charge in [-0.25, -0.2) is 12.7 Å². The summed E-state index contributed by atoms with van der Waals surface area (Å²) in [6, 6.07) is 14.6. The van der Waals surface area contributed by atoms with Gasteiger partial charge in [-0.2, -0.15) is 5.26 Å². The van der Waals surface area contributed by atoms with E-state index in [1.807, 2.05) is 37.4 Å². The molecule has 164 valence electrons. The van der Waals surface area contributed by atoms with Crippen LogP contribution in [0.3, 0.4) is 0 Å².